The molecule has 0 aromatic heterocycles. The quantitative estimate of drug-likeness (QED) is 0.504. The highest BCUT2D eigenvalue weighted by Gasteiger charge is 2.28. The molecule has 7 nitrogen and oxygen atoms in total. The number of nitrogens with zero attached hydrogens (tertiary/aromatic N) is 3. The second-order valence-corrected chi connectivity index (χ2v) is 9.86. The Balaban J connectivity index is 1.36. The molecule has 0 atom stereocenters. The van der Waals surface area contributed by atoms with Gasteiger partial charge >= 0.3 is 0 Å². The van der Waals surface area contributed by atoms with Crippen LogP contribution in [-0.4, -0.2) is 66.8 Å². The van der Waals surface area contributed by atoms with Crippen LogP contribution in [0.1, 0.15) is 43.9 Å². The molecule has 9 heteroatoms. The number of nitrogens with one attached hydrogen (secondary N) is 1. The van der Waals surface area contributed by atoms with Gasteiger partial charge in [0.1, 0.15) is 5.82 Å². The first-order valence-corrected chi connectivity index (χ1v) is 13.1. The van der Waals surface area contributed by atoms with Crippen molar-refractivity contribution >= 4 is 40.7 Å². The number of carbonyl (C=O) groups is 3. The van der Waals surface area contributed by atoms with Gasteiger partial charge in [0, 0.05) is 56.2 Å². The molecule has 2 aliphatic rings. The lowest BCUT2D eigenvalue weighted by atomic mass is 10.1. The minimum atomic E-state index is -0.443. The van der Waals surface area contributed by atoms with Crippen molar-refractivity contribution in [3.05, 3.63) is 94.3 Å². The lowest BCUT2D eigenvalue weighted by Crippen LogP contribution is -2.49. The van der Waals surface area contributed by atoms with E-state index in [1.165, 1.54) is 18.2 Å². The fraction of sp³-hybridized carbons (Fsp3) is 0.276. The van der Waals surface area contributed by atoms with E-state index in [0.29, 0.717) is 66.7 Å². The summed E-state index contributed by atoms with van der Waals surface area (Å²) in [6, 6.07) is 17.8. The fourth-order valence-corrected chi connectivity index (χ4v) is 5.17. The van der Waals surface area contributed by atoms with Gasteiger partial charge in [-0.15, -0.1) is 0 Å². The molecule has 2 aliphatic heterocycles. The van der Waals surface area contributed by atoms with Gasteiger partial charge in [0.2, 0.25) is 0 Å². The van der Waals surface area contributed by atoms with Crippen LogP contribution in [0.5, 0.6) is 0 Å². The van der Waals surface area contributed by atoms with Crippen LogP contribution >= 0.6 is 11.6 Å². The predicted molar refractivity (Wildman–Crippen MR) is 146 cm³/mol. The largest absolute Gasteiger partial charge is 0.367 e. The lowest BCUT2D eigenvalue weighted by Gasteiger charge is -2.37. The molecule has 38 heavy (non-hydrogen) atoms. The van der Waals surface area contributed by atoms with Crippen molar-refractivity contribution in [2.75, 3.05) is 49.5 Å². The minimum Gasteiger partial charge on any atom is -0.367 e. The highest BCUT2D eigenvalue weighted by molar-refractivity contribution is 6.34. The average Bonchev–Trinajstić information content (AvgIpc) is 3.48. The number of anilines is 2. The number of hydrogen-bond donors (Lipinski definition) is 1. The summed E-state index contributed by atoms with van der Waals surface area (Å²) in [6.45, 7) is 3.32. The third-order valence-electron chi connectivity index (χ3n) is 6.98. The Kier molecular flexibility index (Phi) is 7.60. The summed E-state index contributed by atoms with van der Waals surface area (Å²) < 4.78 is 13.6. The first kappa shape index (κ1) is 25.7. The zero-order chi connectivity index (χ0) is 26.6. The topological polar surface area (TPSA) is 73.0 Å². The van der Waals surface area contributed by atoms with Gasteiger partial charge in [0.25, 0.3) is 17.7 Å². The van der Waals surface area contributed by atoms with Gasteiger partial charge in [-0.1, -0.05) is 29.8 Å². The number of benzene rings is 3. The maximum Gasteiger partial charge on any atom is 0.257 e. The smallest absolute Gasteiger partial charge is 0.257 e. The van der Waals surface area contributed by atoms with Gasteiger partial charge < -0.3 is 20.0 Å². The van der Waals surface area contributed by atoms with Gasteiger partial charge in [-0.05, 0) is 61.4 Å². The molecule has 196 valence electrons. The average molecular weight is 535 g/mol. The highest BCUT2D eigenvalue weighted by atomic mass is 35.5. The molecule has 0 radical (unpaired) electrons. The van der Waals surface area contributed by atoms with Gasteiger partial charge in [-0.2, -0.15) is 0 Å². The third-order valence-corrected chi connectivity index (χ3v) is 7.31. The van der Waals surface area contributed by atoms with E-state index < -0.39 is 5.82 Å². The van der Waals surface area contributed by atoms with Crippen LogP contribution in [-0.2, 0) is 0 Å². The summed E-state index contributed by atoms with van der Waals surface area (Å²) in [6.07, 6.45) is 1.93. The second-order valence-electron chi connectivity index (χ2n) is 9.45. The standard InChI is InChI=1S/C29H28ClFN4O3/c30-25-9-2-1-8-23(25)27(36)32-22-10-11-26(24(19-22)29(38)34-12-3-4-13-34)33-14-16-35(17-15-33)28(37)20-6-5-7-21(31)18-20/h1-2,5-11,18-19H,3-4,12-17H2,(H,32,36). The van der Waals surface area contributed by atoms with E-state index in [1.54, 1.807) is 47.4 Å². The van der Waals surface area contributed by atoms with E-state index in [2.05, 4.69) is 10.2 Å². The Labute approximate surface area is 225 Å². The molecule has 0 spiro atoms. The predicted octanol–water partition coefficient (Wildman–Crippen LogP) is 4.93. The van der Waals surface area contributed by atoms with E-state index in [9.17, 15) is 18.8 Å². The van der Waals surface area contributed by atoms with Crippen LogP contribution in [0.15, 0.2) is 66.7 Å². The lowest BCUT2D eigenvalue weighted by molar-refractivity contribution is 0.0742. The molecule has 0 aliphatic carbocycles. The number of rotatable bonds is 5. The molecule has 0 bridgehead atoms. The normalized spacial score (nSPS) is 15.5. The first-order chi connectivity index (χ1) is 18.4. The second kappa shape index (κ2) is 11.2. The van der Waals surface area contributed by atoms with Crippen LogP contribution in [0.25, 0.3) is 0 Å². The van der Waals surface area contributed by atoms with Crippen molar-refractivity contribution in [1.82, 2.24) is 9.80 Å². The van der Waals surface area contributed by atoms with Crippen molar-refractivity contribution in [3.8, 4) is 0 Å². The molecule has 2 saturated heterocycles. The highest BCUT2D eigenvalue weighted by Crippen LogP contribution is 2.29. The zero-order valence-electron chi connectivity index (χ0n) is 20.8. The Morgan fingerprint density at radius 2 is 1.45 bits per heavy atom. The van der Waals surface area contributed by atoms with Crippen molar-refractivity contribution in [2.45, 2.75) is 12.8 Å². The van der Waals surface area contributed by atoms with Crippen molar-refractivity contribution < 1.29 is 18.8 Å². The number of halogens is 2. The summed E-state index contributed by atoms with van der Waals surface area (Å²) in [7, 11) is 0. The van der Waals surface area contributed by atoms with E-state index in [1.807, 2.05) is 11.0 Å². The molecule has 3 amide bonds. The van der Waals surface area contributed by atoms with Gasteiger partial charge in [0.15, 0.2) is 0 Å². The van der Waals surface area contributed by atoms with Gasteiger partial charge in [-0.25, -0.2) is 4.39 Å². The number of amides is 3. The molecule has 0 saturated carbocycles. The molecule has 0 unspecified atom stereocenters. The minimum absolute atomic E-state index is 0.0791. The Hall–Kier alpha value is -3.91. The van der Waals surface area contributed by atoms with Gasteiger partial charge in [-0.3, -0.25) is 14.4 Å². The molecular weight excluding hydrogens is 507 g/mol. The fourth-order valence-electron chi connectivity index (χ4n) is 4.95. The molecule has 3 aromatic carbocycles. The molecule has 5 rings (SSSR count). The van der Waals surface area contributed by atoms with E-state index >= 15 is 0 Å². The monoisotopic (exact) mass is 534 g/mol. The van der Waals surface area contributed by atoms with Crippen molar-refractivity contribution in [2.24, 2.45) is 0 Å². The first-order valence-electron chi connectivity index (χ1n) is 12.7. The van der Waals surface area contributed by atoms with Crippen LogP contribution in [0.4, 0.5) is 15.8 Å². The summed E-state index contributed by atoms with van der Waals surface area (Å²) >= 11 is 6.19. The summed E-state index contributed by atoms with van der Waals surface area (Å²) in [4.78, 5) is 44.8. The molecule has 2 heterocycles. The molecule has 2 fully saturated rings. The molecule has 3 aromatic rings. The summed E-state index contributed by atoms with van der Waals surface area (Å²) in [5.41, 5.74) is 2.44. The zero-order valence-corrected chi connectivity index (χ0v) is 21.6. The van der Waals surface area contributed by atoms with Crippen LogP contribution in [0.3, 0.4) is 0 Å². The number of piperazine rings is 1. The maximum absolute atomic E-state index is 13.6. The van der Waals surface area contributed by atoms with E-state index in [-0.39, 0.29) is 17.7 Å². The summed E-state index contributed by atoms with van der Waals surface area (Å²) in [5, 5.41) is 3.21. The van der Waals surface area contributed by atoms with Crippen LogP contribution < -0.4 is 10.2 Å². The van der Waals surface area contributed by atoms with Crippen LogP contribution in [0, 0.1) is 5.82 Å². The van der Waals surface area contributed by atoms with E-state index in [0.717, 1.165) is 18.5 Å². The molecular formula is C29H28ClFN4O3. The number of likely N-dealkylation sites (tertiary alicyclic amines) is 1. The summed E-state index contributed by atoms with van der Waals surface area (Å²) in [5.74, 6) is -1.09. The number of carbonyl (C=O) groups excluding carboxylic acids is 3. The maximum atomic E-state index is 13.6. The van der Waals surface area contributed by atoms with Crippen molar-refractivity contribution in [1.29, 1.82) is 0 Å². The Bertz CT molecular complexity index is 1370. The number of hydrogen-bond acceptors (Lipinski definition) is 4. The van der Waals surface area contributed by atoms with Crippen LogP contribution in [0.2, 0.25) is 5.02 Å². The van der Waals surface area contributed by atoms with Crippen molar-refractivity contribution in [3.63, 3.8) is 0 Å². The SMILES string of the molecule is O=C(Nc1ccc(N2CCN(C(=O)c3cccc(F)c3)CC2)c(C(=O)N2CCCC2)c1)c1ccccc1Cl. The Morgan fingerprint density at radius 3 is 2.16 bits per heavy atom. The van der Waals surface area contributed by atoms with E-state index in [4.69, 9.17) is 11.6 Å². The Morgan fingerprint density at radius 1 is 0.737 bits per heavy atom. The third kappa shape index (κ3) is 5.50. The van der Waals surface area contributed by atoms with Gasteiger partial charge in [0.05, 0.1) is 16.1 Å². The molecule has 1 N–H and O–H groups in total.